The molecule has 0 bridgehead atoms. The molecule has 1 aliphatic heterocycles. The Morgan fingerprint density at radius 1 is 0.909 bits per heavy atom. The van der Waals surface area contributed by atoms with Crippen LogP contribution in [0, 0.1) is 5.92 Å². The first-order valence-electron chi connectivity index (χ1n) is 9.29. The van der Waals surface area contributed by atoms with Crippen molar-refractivity contribution in [2.24, 2.45) is 5.92 Å². The van der Waals surface area contributed by atoms with Gasteiger partial charge in [-0.2, -0.15) is 0 Å². The van der Waals surface area contributed by atoms with Gasteiger partial charge in [0.15, 0.2) is 0 Å². The van der Waals surface area contributed by atoms with E-state index in [1.807, 2.05) is 0 Å². The van der Waals surface area contributed by atoms with Crippen molar-refractivity contribution in [1.82, 2.24) is 0 Å². The molecule has 3 nitrogen and oxygen atoms in total. The van der Waals surface area contributed by atoms with Crippen LogP contribution in [0.2, 0.25) is 0 Å². The Hall–Kier alpha value is -0.570. The first kappa shape index (κ1) is 19.5. The van der Waals surface area contributed by atoms with Crippen molar-refractivity contribution in [3.8, 4) is 0 Å². The van der Waals surface area contributed by atoms with Crippen molar-refractivity contribution in [2.45, 2.75) is 97.0 Å². The van der Waals surface area contributed by atoms with E-state index in [1.54, 1.807) is 0 Å². The molecule has 1 fully saturated rings. The summed E-state index contributed by atoms with van der Waals surface area (Å²) in [5.41, 5.74) is -0.0360. The Kier molecular flexibility index (Phi) is 9.77. The summed E-state index contributed by atoms with van der Waals surface area (Å²) >= 11 is 0. The Morgan fingerprint density at radius 2 is 1.50 bits per heavy atom. The molecule has 0 aromatic carbocycles. The minimum atomic E-state index is -0.0360. The van der Waals surface area contributed by atoms with Crippen LogP contribution in [0.5, 0.6) is 0 Å². The van der Waals surface area contributed by atoms with Crippen LogP contribution in [0.1, 0.15) is 91.4 Å². The van der Waals surface area contributed by atoms with Gasteiger partial charge in [-0.25, -0.2) is 0 Å². The topological polar surface area (TPSA) is 35.5 Å². The minimum Gasteiger partial charge on any atom is -0.466 e. The molecule has 0 aliphatic carbocycles. The number of cyclic esters (lactones) is 1. The third-order valence-corrected chi connectivity index (χ3v) is 4.54. The van der Waals surface area contributed by atoms with Crippen molar-refractivity contribution in [3.05, 3.63) is 0 Å². The highest BCUT2D eigenvalue weighted by atomic mass is 16.5. The highest BCUT2D eigenvalue weighted by Gasteiger charge is 2.19. The quantitative estimate of drug-likeness (QED) is 0.572. The predicted molar refractivity (Wildman–Crippen MR) is 90.9 cm³/mol. The van der Waals surface area contributed by atoms with E-state index in [4.69, 9.17) is 9.47 Å². The maximum Gasteiger partial charge on any atom is 0.306 e. The first-order valence-corrected chi connectivity index (χ1v) is 9.29. The molecule has 1 atom stereocenters. The molecule has 1 saturated heterocycles. The molecule has 1 unspecified atom stereocenters. The molecule has 0 aromatic heterocycles. The lowest BCUT2D eigenvalue weighted by atomic mass is 9.95. The monoisotopic (exact) mass is 312 g/mol. The van der Waals surface area contributed by atoms with Crippen LogP contribution in [0.4, 0.5) is 0 Å². The largest absolute Gasteiger partial charge is 0.466 e. The summed E-state index contributed by atoms with van der Waals surface area (Å²) < 4.78 is 11.4. The van der Waals surface area contributed by atoms with Crippen LogP contribution in [0.15, 0.2) is 0 Å². The zero-order valence-electron chi connectivity index (χ0n) is 15.0. The molecule has 0 N–H and O–H groups in total. The van der Waals surface area contributed by atoms with E-state index in [9.17, 15) is 4.79 Å². The first-order chi connectivity index (χ1) is 10.5. The summed E-state index contributed by atoms with van der Waals surface area (Å²) in [5, 5.41) is 0. The van der Waals surface area contributed by atoms with Gasteiger partial charge in [0.2, 0.25) is 0 Å². The number of esters is 1. The molecule has 0 aromatic rings. The van der Waals surface area contributed by atoms with E-state index >= 15 is 0 Å². The maximum absolute atomic E-state index is 11.8. The highest BCUT2D eigenvalue weighted by Crippen LogP contribution is 2.22. The van der Waals surface area contributed by atoms with Crippen molar-refractivity contribution >= 4 is 5.97 Å². The molecule has 0 amide bonds. The summed E-state index contributed by atoms with van der Waals surface area (Å²) in [6, 6.07) is 0. The third kappa shape index (κ3) is 10.2. The number of hydrogen-bond acceptors (Lipinski definition) is 3. The third-order valence-electron chi connectivity index (χ3n) is 4.54. The summed E-state index contributed by atoms with van der Waals surface area (Å²) in [6.07, 6.45) is 12.3. The molecule has 1 heterocycles. The zero-order valence-corrected chi connectivity index (χ0v) is 15.0. The van der Waals surface area contributed by atoms with Crippen molar-refractivity contribution in [3.63, 3.8) is 0 Å². The van der Waals surface area contributed by atoms with Gasteiger partial charge >= 0.3 is 5.97 Å². The maximum atomic E-state index is 11.8. The fourth-order valence-corrected chi connectivity index (χ4v) is 3.02. The van der Waals surface area contributed by atoms with E-state index in [0.717, 1.165) is 32.3 Å². The average Bonchev–Trinajstić information content (AvgIpc) is 2.43. The lowest BCUT2D eigenvalue weighted by Gasteiger charge is -2.26. The molecular formula is C19H36O3. The van der Waals surface area contributed by atoms with E-state index in [0.29, 0.717) is 18.9 Å². The summed E-state index contributed by atoms with van der Waals surface area (Å²) in [5.74, 6) is 0.381. The predicted octanol–water partition coefficient (Wildman–Crippen LogP) is 5.27. The molecule has 1 aliphatic rings. The fraction of sp³-hybridized carbons (Fsp3) is 0.947. The van der Waals surface area contributed by atoms with Gasteiger partial charge in [0.05, 0.1) is 12.2 Å². The Bertz CT molecular complexity index is 299. The standard InChI is InChI=1S/C19H36O3/c1-17-12-11-13-19(2,3)22-15-10-8-6-4-5-7-9-14-21-18(20)16-17/h17H,4-16H2,1-3H3. The smallest absolute Gasteiger partial charge is 0.306 e. The van der Waals surface area contributed by atoms with Crippen LogP contribution in [-0.2, 0) is 14.3 Å². The Balaban J connectivity index is 2.36. The minimum absolute atomic E-state index is 0.0240. The van der Waals surface area contributed by atoms with E-state index in [1.165, 1.54) is 38.5 Å². The van der Waals surface area contributed by atoms with Crippen LogP contribution in [0.25, 0.3) is 0 Å². The number of hydrogen-bond donors (Lipinski definition) is 0. The second-order valence-corrected chi connectivity index (χ2v) is 7.51. The molecule has 0 spiro atoms. The summed E-state index contributed by atoms with van der Waals surface area (Å²) in [4.78, 5) is 11.8. The van der Waals surface area contributed by atoms with Gasteiger partial charge in [0.25, 0.3) is 0 Å². The SMILES string of the molecule is CC1CCCC(C)(C)OCCCCCCCCCOC(=O)C1. The van der Waals surface area contributed by atoms with Gasteiger partial charge in [0.1, 0.15) is 0 Å². The second-order valence-electron chi connectivity index (χ2n) is 7.51. The number of carbonyl (C=O) groups excluding carboxylic acids is 1. The van der Waals surface area contributed by atoms with E-state index in [-0.39, 0.29) is 11.6 Å². The number of carbonyl (C=O) groups is 1. The highest BCUT2D eigenvalue weighted by molar-refractivity contribution is 5.69. The van der Waals surface area contributed by atoms with E-state index in [2.05, 4.69) is 20.8 Å². The van der Waals surface area contributed by atoms with Crippen molar-refractivity contribution in [1.29, 1.82) is 0 Å². The van der Waals surface area contributed by atoms with E-state index < -0.39 is 0 Å². The number of rotatable bonds is 0. The summed E-state index contributed by atoms with van der Waals surface area (Å²) in [7, 11) is 0. The van der Waals surface area contributed by atoms with Crippen LogP contribution < -0.4 is 0 Å². The fourth-order valence-electron chi connectivity index (χ4n) is 3.02. The van der Waals surface area contributed by atoms with Crippen molar-refractivity contribution < 1.29 is 14.3 Å². The molecule has 0 radical (unpaired) electrons. The molecule has 130 valence electrons. The Labute approximate surface area is 137 Å². The van der Waals surface area contributed by atoms with Crippen molar-refractivity contribution in [2.75, 3.05) is 13.2 Å². The molecule has 1 rings (SSSR count). The van der Waals surface area contributed by atoms with Gasteiger partial charge in [-0.05, 0) is 39.0 Å². The number of ether oxygens (including phenoxy) is 2. The zero-order chi connectivity index (χ0) is 16.3. The Morgan fingerprint density at radius 3 is 2.18 bits per heavy atom. The van der Waals surface area contributed by atoms with Gasteiger partial charge < -0.3 is 9.47 Å². The van der Waals surface area contributed by atoms with Crippen LogP contribution in [-0.4, -0.2) is 24.8 Å². The molecule has 22 heavy (non-hydrogen) atoms. The summed E-state index contributed by atoms with van der Waals surface area (Å²) in [6.45, 7) is 8.00. The van der Waals surface area contributed by atoms with Gasteiger partial charge in [-0.15, -0.1) is 0 Å². The van der Waals surface area contributed by atoms with Crippen LogP contribution in [0.3, 0.4) is 0 Å². The second kappa shape index (κ2) is 11.0. The van der Waals surface area contributed by atoms with Crippen LogP contribution >= 0.6 is 0 Å². The van der Waals surface area contributed by atoms with Gasteiger partial charge in [-0.1, -0.05) is 51.9 Å². The molecular weight excluding hydrogens is 276 g/mol. The van der Waals surface area contributed by atoms with Gasteiger partial charge in [-0.3, -0.25) is 4.79 Å². The lowest BCUT2D eigenvalue weighted by Crippen LogP contribution is -2.25. The lowest BCUT2D eigenvalue weighted by molar-refractivity contribution is -0.144. The average molecular weight is 312 g/mol. The molecule has 0 saturated carbocycles. The normalized spacial score (nSPS) is 27.4. The molecule has 3 heteroatoms. The van der Waals surface area contributed by atoms with Gasteiger partial charge in [0, 0.05) is 13.0 Å².